The third kappa shape index (κ3) is 3.84. The van der Waals surface area contributed by atoms with Gasteiger partial charge in [0.2, 0.25) is 0 Å². The number of nitrogens with two attached hydrogens (primary N) is 1. The number of pyridine rings is 1. The van der Waals surface area contributed by atoms with Gasteiger partial charge in [0.25, 0.3) is 0 Å². The summed E-state index contributed by atoms with van der Waals surface area (Å²) in [6.45, 7) is 0. The van der Waals surface area contributed by atoms with E-state index >= 15 is 0 Å². The zero-order valence-corrected chi connectivity index (χ0v) is 20.0. The highest BCUT2D eigenvalue weighted by atomic mass is 16.5. The van der Waals surface area contributed by atoms with Crippen molar-refractivity contribution in [2.75, 3.05) is 12.8 Å². The van der Waals surface area contributed by atoms with Crippen molar-refractivity contribution in [2.24, 2.45) is 5.92 Å². The van der Waals surface area contributed by atoms with E-state index in [1.54, 1.807) is 0 Å². The monoisotopic (exact) mass is 478 g/mol. The number of nitrogen functional groups attached to an aromatic ring is 1. The molecule has 8 nitrogen and oxygen atoms in total. The first-order valence-electron chi connectivity index (χ1n) is 12.2. The van der Waals surface area contributed by atoms with Crippen LogP contribution in [0, 0.1) is 5.92 Å². The lowest BCUT2D eigenvalue weighted by atomic mass is 9.86. The molecule has 0 amide bonds. The predicted octanol–water partition coefficient (Wildman–Crippen LogP) is 5.20. The highest BCUT2D eigenvalue weighted by Gasteiger charge is 2.30. The van der Waals surface area contributed by atoms with Crippen LogP contribution in [0.15, 0.2) is 67.0 Å². The minimum absolute atomic E-state index is 0.0578. The Morgan fingerprint density at radius 2 is 1.75 bits per heavy atom. The number of methoxy groups -OCH3 is 1. The summed E-state index contributed by atoms with van der Waals surface area (Å²) in [6, 6.07) is 20.5. The van der Waals surface area contributed by atoms with Gasteiger partial charge in [0.05, 0.1) is 35.7 Å². The fourth-order valence-electron chi connectivity index (χ4n) is 5.21. The molecule has 1 aliphatic rings. The van der Waals surface area contributed by atoms with E-state index in [2.05, 4.69) is 40.3 Å². The number of rotatable bonds is 4. The molecule has 8 heteroatoms. The molecule has 0 spiro atoms. The smallest absolute Gasteiger partial charge is 0.308 e. The van der Waals surface area contributed by atoms with Gasteiger partial charge >= 0.3 is 5.97 Å². The van der Waals surface area contributed by atoms with Crippen LogP contribution in [-0.4, -0.2) is 37.8 Å². The van der Waals surface area contributed by atoms with Gasteiger partial charge < -0.3 is 10.5 Å². The number of hydrogen-bond acceptors (Lipinski definition) is 7. The van der Waals surface area contributed by atoms with Gasteiger partial charge in [-0.05, 0) is 37.8 Å². The van der Waals surface area contributed by atoms with E-state index in [9.17, 15) is 4.79 Å². The number of aromatic nitrogens is 5. The van der Waals surface area contributed by atoms with Crippen molar-refractivity contribution >= 4 is 33.7 Å². The first-order valence-corrected chi connectivity index (χ1v) is 12.2. The largest absolute Gasteiger partial charge is 0.469 e. The van der Waals surface area contributed by atoms with Gasteiger partial charge in [-0.2, -0.15) is 5.10 Å². The van der Waals surface area contributed by atoms with E-state index in [1.807, 2.05) is 35.0 Å². The topological polar surface area (TPSA) is 109 Å². The van der Waals surface area contributed by atoms with Crippen LogP contribution in [0.25, 0.3) is 44.5 Å². The molecule has 36 heavy (non-hydrogen) atoms. The fraction of sp³-hybridized carbons (Fsp3) is 0.250. The lowest BCUT2D eigenvalue weighted by molar-refractivity contribution is -0.146. The first kappa shape index (κ1) is 22.2. The summed E-state index contributed by atoms with van der Waals surface area (Å²) in [5.41, 5.74) is 11.6. The predicted molar refractivity (Wildman–Crippen MR) is 139 cm³/mol. The van der Waals surface area contributed by atoms with Gasteiger partial charge in [-0.15, -0.1) is 0 Å². The Labute approximate surface area is 208 Å². The summed E-state index contributed by atoms with van der Waals surface area (Å²) in [7, 11) is 1.45. The maximum absolute atomic E-state index is 12.0. The Balaban J connectivity index is 1.42. The van der Waals surface area contributed by atoms with Crippen molar-refractivity contribution in [1.82, 2.24) is 24.7 Å². The number of nitrogens with zero attached hydrogens (tertiary/aromatic N) is 5. The van der Waals surface area contributed by atoms with Crippen molar-refractivity contribution in [3.05, 3.63) is 67.0 Å². The maximum Gasteiger partial charge on any atom is 0.308 e. The minimum Gasteiger partial charge on any atom is -0.469 e. The van der Waals surface area contributed by atoms with E-state index in [0.717, 1.165) is 64.5 Å². The van der Waals surface area contributed by atoms with Crippen LogP contribution in [-0.2, 0) is 9.53 Å². The van der Waals surface area contributed by atoms with Crippen molar-refractivity contribution in [1.29, 1.82) is 0 Å². The second kappa shape index (κ2) is 9.03. The summed E-state index contributed by atoms with van der Waals surface area (Å²) in [5.74, 6) is 0.206. The normalized spacial score (nSPS) is 17.9. The number of hydrogen-bond donors (Lipinski definition) is 1. The highest BCUT2D eigenvalue weighted by Crippen LogP contribution is 2.38. The van der Waals surface area contributed by atoms with Gasteiger partial charge in [-0.3, -0.25) is 4.79 Å². The Kier molecular flexibility index (Phi) is 5.56. The van der Waals surface area contributed by atoms with Crippen molar-refractivity contribution in [3.63, 3.8) is 0 Å². The standard InChI is InChI=1S/C28H26N6O2/c1-36-28(35)19-9-12-21(13-10-19)34-27-24(26(29)30-16-31-27)25(33-34)20-8-7-18-11-14-22(32-23(18)15-20)17-5-3-2-4-6-17/h2-8,11,14-16,19,21H,9-10,12-13H2,1H3,(H2,29,30,31). The fourth-order valence-corrected chi connectivity index (χ4v) is 5.21. The minimum atomic E-state index is -0.135. The number of anilines is 1. The summed E-state index contributed by atoms with van der Waals surface area (Å²) in [4.78, 5) is 25.7. The highest BCUT2D eigenvalue weighted by molar-refractivity contribution is 6.00. The van der Waals surface area contributed by atoms with Gasteiger partial charge in [-0.1, -0.05) is 48.5 Å². The Hall–Kier alpha value is -4.33. The lowest BCUT2D eigenvalue weighted by Gasteiger charge is -2.27. The van der Waals surface area contributed by atoms with Gasteiger partial charge in [0.15, 0.2) is 5.65 Å². The molecule has 1 aliphatic carbocycles. The number of carbonyl (C=O) groups is 1. The van der Waals surface area contributed by atoms with Crippen molar-refractivity contribution < 1.29 is 9.53 Å². The van der Waals surface area contributed by atoms with E-state index in [1.165, 1.54) is 13.4 Å². The van der Waals surface area contributed by atoms with Crippen LogP contribution in [0.1, 0.15) is 31.7 Å². The van der Waals surface area contributed by atoms with Crippen LogP contribution in [0.3, 0.4) is 0 Å². The van der Waals surface area contributed by atoms with E-state index < -0.39 is 0 Å². The van der Waals surface area contributed by atoms with Crippen molar-refractivity contribution in [2.45, 2.75) is 31.7 Å². The number of fused-ring (bicyclic) bond motifs is 2. The summed E-state index contributed by atoms with van der Waals surface area (Å²) in [6.07, 6.45) is 4.64. The lowest BCUT2D eigenvalue weighted by Crippen LogP contribution is -2.25. The molecule has 0 aliphatic heterocycles. The van der Waals surface area contributed by atoms with E-state index in [-0.39, 0.29) is 17.9 Å². The summed E-state index contributed by atoms with van der Waals surface area (Å²) in [5, 5.41) is 6.80. The molecule has 0 radical (unpaired) electrons. The van der Waals surface area contributed by atoms with Gasteiger partial charge in [-0.25, -0.2) is 19.6 Å². The molecule has 5 aromatic rings. The molecule has 0 saturated heterocycles. The van der Waals surface area contributed by atoms with E-state index in [4.69, 9.17) is 20.6 Å². The van der Waals surface area contributed by atoms with Crippen LogP contribution in [0.5, 0.6) is 0 Å². The van der Waals surface area contributed by atoms with Crippen LogP contribution in [0.2, 0.25) is 0 Å². The van der Waals surface area contributed by atoms with Crippen molar-refractivity contribution in [3.8, 4) is 22.5 Å². The summed E-state index contributed by atoms with van der Waals surface area (Å²) < 4.78 is 6.91. The molecule has 3 heterocycles. The van der Waals surface area contributed by atoms with Crippen LogP contribution in [0.4, 0.5) is 5.82 Å². The zero-order valence-electron chi connectivity index (χ0n) is 20.0. The Morgan fingerprint density at radius 1 is 0.972 bits per heavy atom. The number of carbonyl (C=O) groups excluding carboxylic acids is 1. The average molecular weight is 479 g/mol. The number of esters is 1. The third-order valence-corrected chi connectivity index (χ3v) is 7.13. The Morgan fingerprint density at radius 3 is 2.53 bits per heavy atom. The molecule has 1 fully saturated rings. The van der Waals surface area contributed by atoms with Crippen LogP contribution < -0.4 is 5.73 Å². The molecule has 0 bridgehead atoms. The average Bonchev–Trinajstić information content (AvgIpc) is 3.33. The Bertz CT molecular complexity index is 1570. The molecule has 0 unspecified atom stereocenters. The second-order valence-electron chi connectivity index (χ2n) is 9.25. The molecule has 3 aromatic heterocycles. The molecule has 2 aromatic carbocycles. The van der Waals surface area contributed by atoms with E-state index in [0.29, 0.717) is 11.5 Å². The number of benzene rings is 2. The van der Waals surface area contributed by atoms with Crippen LogP contribution >= 0.6 is 0 Å². The molecule has 1 saturated carbocycles. The quantitative estimate of drug-likeness (QED) is 0.354. The number of ether oxygens (including phenoxy) is 1. The summed E-state index contributed by atoms with van der Waals surface area (Å²) >= 11 is 0. The maximum atomic E-state index is 12.0. The molecule has 0 atom stereocenters. The molecular weight excluding hydrogens is 452 g/mol. The molecule has 180 valence electrons. The van der Waals surface area contributed by atoms with Gasteiger partial charge in [0, 0.05) is 16.5 Å². The molecule has 2 N–H and O–H groups in total. The SMILES string of the molecule is COC(=O)C1CCC(n2nc(-c3ccc4ccc(-c5ccccc5)nc4c3)c3c(N)ncnc32)CC1. The molecule has 6 rings (SSSR count). The second-order valence-corrected chi connectivity index (χ2v) is 9.25. The molecular formula is C28H26N6O2. The third-order valence-electron chi connectivity index (χ3n) is 7.13. The zero-order chi connectivity index (χ0) is 24.6. The van der Waals surface area contributed by atoms with Gasteiger partial charge in [0.1, 0.15) is 17.8 Å². The first-order chi connectivity index (χ1) is 17.6.